The molecule has 0 spiro atoms. The van der Waals surface area contributed by atoms with Gasteiger partial charge in [-0.05, 0) is 76.8 Å². The highest BCUT2D eigenvalue weighted by atomic mass is 32.2. The number of likely N-dealkylation sites (tertiary alicyclic amines) is 1. The van der Waals surface area contributed by atoms with Gasteiger partial charge in [-0.2, -0.15) is 0 Å². The SMILES string of the molecule is CN(Cc1c(C=O)cccc1SCc1ccc(CN2CCCCC2)c(F)c1)C(C=O)CCC=O.CNC. The van der Waals surface area contributed by atoms with E-state index in [2.05, 4.69) is 10.2 Å². The third-order valence-corrected chi connectivity index (χ3v) is 7.53. The molecule has 1 atom stereocenters. The largest absolute Gasteiger partial charge is 0.323 e. The van der Waals surface area contributed by atoms with Crippen LogP contribution >= 0.6 is 11.8 Å². The molecule has 1 heterocycles. The maximum Gasteiger partial charge on any atom is 0.150 e. The normalized spacial score (nSPS) is 14.5. The van der Waals surface area contributed by atoms with Crippen molar-refractivity contribution < 1.29 is 18.8 Å². The van der Waals surface area contributed by atoms with E-state index >= 15 is 0 Å². The van der Waals surface area contributed by atoms with Crippen LogP contribution in [0.25, 0.3) is 0 Å². The van der Waals surface area contributed by atoms with E-state index in [9.17, 15) is 18.8 Å². The molecule has 6 nitrogen and oxygen atoms in total. The zero-order valence-corrected chi connectivity index (χ0v) is 23.1. The number of likely N-dealkylation sites (N-methyl/N-ethyl adjacent to an activating group) is 1. The van der Waals surface area contributed by atoms with Crippen LogP contribution in [0.3, 0.4) is 0 Å². The highest BCUT2D eigenvalue weighted by Gasteiger charge is 2.18. The maximum atomic E-state index is 14.8. The average Bonchev–Trinajstić information content (AvgIpc) is 2.91. The smallest absolute Gasteiger partial charge is 0.150 e. The quantitative estimate of drug-likeness (QED) is 0.297. The Hall–Kier alpha value is -2.39. The Morgan fingerprint density at radius 1 is 1.11 bits per heavy atom. The predicted molar refractivity (Wildman–Crippen MR) is 149 cm³/mol. The first kappa shape index (κ1) is 30.8. The number of halogens is 1. The van der Waals surface area contributed by atoms with Crippen LogP contribution < -0.4 is 5.32 Å². The van der Waals surface area contributed by atoms with Crippen molar-refractivity contribution in [2.45, 2.75) is 61.9 Å². The zero-order valence-electron chi connectivity index (χ0n) is 22.2. The van der Waals surface area contributed by atoms with Gasteiger partial charge < -0.3 is 14.9 Å². The molecule has 1 aliphatic rings. The van der Waals surface area contributed by atoms with Crippen LogP contribution in [0.15, 0.2) is 41.3 Å². The number of benzene rings is 2. The van der Waals surface area contributed by atoms with Crippen molar-refractivity contribution in [1.29, 1.82) is 0 Å². The zero-order chi connectivity index (χ0) is 27.0. The molecule has 2 aromatic rings. The van der Waals surface area contributed by atoms with Crippen molar-refractivity contribution in [3.8, 4) is 0 Å². The molecule has 1 saturated heterocycles. The number of nitrogens with one attached hydrogen (secondary N) is 1. The van der Waals surface area contributed by atoms with Gasteiger partial charge in [0.05, 0.1) is 6.04 Å². The van der Waals surface area contributed by atoms with Crippen molar-refractivity contribution in [3.63, 3.8) is 0 Å². The molecule has 0 aliphatic carbocycles. The van der Waals surface area contributed by atoms with E-state index < -0.39 is 6.04 Å². The summed E-state index contributed by atoms with van der Waals surface area (Å²) in [5.41, 5.74) is 3.03. The Balaban J connectivity index is 0.00000153. The van der Waals surface area contributed by atoms with E-state index in [0.717, 1.165) is 53.5 Å². The molecule has 2 aromatic carbocycles. The molecule has 1 fully saturated rings. The highest BCUT2D eigenvalue weighted by molar-refractivity contribution is 7.98. The minimum absolute atomic E-state index is 0.172. The number of nitrogens with zero attached hydrogens (tertiary/aromatic N) is 2. The molecule has 3 rings (SSSR count). The Morgan fingerprint density at radius 3 is 2.46 bits per heavy atom. The summed E-state index contributed by atoms with van der Waals surface area (Å²) in [5, 5.41) is 2.75. The minimum atomic E-state index is -0.399. The van der Waals surface area contributed by atoms with Crippen molar-refractivity contribution >= 4 is 30.6 Å². The lowest BCUT2D eigenvalue weighted by Gasteiger charge is -2.26. The van der Waals surface area contributed by atoms with Crippen LogP contribution in [-0.4, -0.2) is 68.9 Å². The second-order valence-corrected chi connectivity index (χ2v) is 10.4. The molecule has 1 aliphatic heterocycles. The van der Waals surface area contributed by atoms with Gasteiger partial charge in [0.25, 0.3) is 0 Å². The van der Waals surface area contributed by atoms with Gasteiger partial charge in [0.2, 0.25) is 0 Å². The molecular formula is C29H40FN3O3S. The first-order chi connectivity index (χ1) is 18.0. The van der Waals surface area contributed by atoms with E-state index in [1.54, 1.807) is 23.9 Å². The van der Waals surface area contributed by atoms with Crippen LogP contribution in [-0.2, 0) is 28.4 Å². The van der Waals surface area contributed by atoms with Gasteiger partial charge in [0.15, 0.2) is 0 Å². The third-order valence-electron chi connectivity index (χ3n) is 6.36. The summed E-state index contributed by atoms with van der Waals surface area (Å²) < 4.78 is 14.8. The average molecular weight is 530 g/mol. The van der Waals surface area contributed by atoms with Gasteiger partial charge in [-0.3, -0.25) is 14.6 Å². The summed E-state index contributed by atoms with van der Waals surface area (Å²) in [6, 6.07) is 10.6. The van der Waals surface area contributed by atoms with Crippen LogP contribution in [0.5, 0.6) is 0 Å². The van der Waals surface area contributed by atoms with E-state index in [4.69, 9.17) is 0 Å². The second kappa shape index (κ2) is 17.2. The summed E-state index contributed by atoms with van der Waals surface area (Å²) in [5.74, 6) is 0.400. The molecule has 1 unspecified atom stereocenters. The number of thioether (sulfide) groups is 1. The summed E-state index contributed by atoms with van der Waals surface area (Å²) in [6.07, 6.45) is 6.84. The fraction of sp³-hybridized carbons (Fsp3) is 0.483. The Bertz CT molecular complexity index is 998. The summed E-state index contributed by atoms with van der Waals surface area (Å²) in [6.45, 7) is 3.12. The number of carbonyl (C=O) groups is 3. The molecule has 0 aromatic heterocycles. The maximum absolute atomic E-state index is 14.8. The van der Waals surface area contributed by atoms with Gasteiger partial charge >= 0.3 is 0 Å². The molecular weight excluding hydrogens is 489 g/mol. The predicted octanol–water partition coefficient (Wildman–Crippen LogP) is 4.73. The van der Waals surface area contributed by atoms with Crippen molar-refractivity contribution in [2.75, 3.05) is 34.2 Å². The second-order valence-electron chi connectivity index (χ2n) is 9.36. The topological polar surface area (TPSA) is 69.7 Å². The van der Waals surface area contributed by atoms with E-state index in [1.165, 1.54) is 19.3 Å². The molecule has 0 saturated carbocycles. The lowest BCUT2D eigenvalue weighted by atomic mass is 10.1. The van der Waals surface area contributed by atoms with Crippen molar-refractivity contribution in [3.05, 3.63) is 64.5 Å². The number of hydrogen-bond donors (Lipinski definition) is 1. The molecule has 0 bridgehead atoms. The molecule has 0 radical (unpaired) electrons. The number of hydrogen-bond acceptors (Lipinski definition) is 7. The van der Waals surface area contributed by atoms with Crippen molar-refractivity contribution in [1.82, 2.24) is 15.1 Å². The van der Waals surface area contributed by atoms with Gasteiger partial charge in [-0.1, -0.05) is 30.7 Å². The minimum Gasteiger partial charge on any atom is -0.323 e. The summed E-state index contributed by atoms with van der Waals surface area (Å²) >= 11 is 1.55. The van der Waals surface area contributed by atoms with Gasteiger partial charge in [0.1, 0.15) is 24.7 Å². The first-order valence-electron chi connectivity index (χ1n) is 12.8. The molecule has 202 valence electrons. The molecule has 8 heteroatoms. The van der Waals surface area contributed by atoms with Crippen LogP contribution in [0, 0.1) is 5.82 Å². The highest BCUT2D eigenvalue weighted by Crippen LogP contribution is 2.30. The number of aldehydes is 3. The molecule has 1 N–H and O–H groups in total. The molecule has 37 heavy (non-hydrogen) atoms. The summed E-state index contributed by atoms with van der Waals surface area (Å²) in [7, 11) is 5.57. The van der Waals surface area contributed by atoms with Crippen LogP contribution in [0.1, 0.15) is 59.2 Å². The Kier molecular flexibility index (Phi) is 14.3. The third kappa shape index (κ3) is 10.1. The van der Waals surface area contributed by atoms with Crippen LogP contribution in [0.2, 0.25) is 0 Å². The Labute approximate surface area is 225 Å². The first-order valence-corrected chi connectivity index (χ1v) is 13.8. The Morgan fingerprint density at radius 2 is 1.84 bits per heavy atom. The van der Waals surface area contributed by atoms with E-state index in [1.807, 2.05) is 50.3 Å². The number of carbonyl (C=O) groups excluding carboxylic acids is 3. The van der Waals surface area contributed by atoms with E-state index in [0.29, 0.717) is 37.2 Å². The lowest BCUT2D eigenvalue weighted by Crippen LogP contribution is -2.33. The standard InChI is InChI=1S/C27H33FN2O3S.C2H7N/c1-29(24(19-33)8-6-14-31)17-25-23(18-32)7-5-9-27(25)34-20-21-10-11-22(26(28)15-21)16-30-12-3-2-4-13-30;1-3-2/h5,7,9-11,14-15,18-19,24H,2-4,6,8,12-13,16-17,20H2,1H3;3H,1-2H3. The van der Waals surface area contributed by atoms with E-state index in [-0.39, 0.29) is 5.82 Å². The number of rotatable bonds is 13. The number of piperidine rings is 1. The van der Waals surface area contributed by atoms with Crippen molar-refractivity contribution in [2.24, 2.45) is 0 Å². The molecule has 0 amide bonds. The van der Waals surface area contributed by atoms with Crippen LogP contribution in [0.4, 0.5) is 4.39 Å². The lowest BCUT2D eigenvalue weighted by molar-refractivity contribution is -0.113. The van der Waals surface area contributed by atoms with Gasteiger partial charge in [0, 0.05) is 41.3 Å². The fourth-order valence-corrected chi connectivity index (χ4v) is 5.36. The fourth-order valence-electron chi connectivity index (χ4n) is 4.32. The van der Waals surface area contributed by atoms with Gasteiger partial charge in [-0.15, -0.1) is 11.8 Å². The van der Waals surface area contributed by atoms with Gasteiger partial charge in [-0.25, -0.2) is 4.39 Å². The summed E-state index contributed by atoms with van der Waals surface area (Å²) in [4.78, 5) is 39.0. The monoisotopic (exact) mass is 529 g/mol.